The van der Waals surface area contributed by atoms with Crippen LogP contribution in [0.25, 0.3) is 10.8 Å². The summed E-state index contributed by atoms with van der Waals surface area (Å²) in [5.41, 5.74) is 0. The van der Waals surface area contributed by atoms with E-state index < -0.39 is 10.1 Å². The van der Waals surface area contributed by atoms with Gasteiger partial charge in [0.2, 0.25) is 0 Å². The molecule has 77 valence electrons. The summed E-state index contributed by atoms with van der Waals surface area (Å²) in [5.74, 6) is -0.0741. The van der Waals surface area contributed by atoms with Gasteiger partial charge in [-0.1, -0.05) is 6.07 Å². The Hall–Kier alpha value is -1.59. The van der Waals surface area contributed by atoms with Crippen molar-refractivity contribution in [3.05, 3.63) is 36.4 Å². The summed E-state index contributed by atoms with van der Waals surface area (Å²) in [4.78, 5) is -0.194. The molecular weight excluding hydrogens is 216 g/mol. The van der Waals surface area contributed by atoms with Crippen molar-refractivity contribution in [3.8, 4) is 5.75 Å². The summed E-state index contributed by atoms with van der Waals surface area (Å²) in [7, 11) is -4.20. The Labute approximate surface area is 86.5 Å². The maximum Gasteiger partial charge on any atom is 0.294 e. The molecule has 0 aliphatic heterocycles. The van der Waals surface area contributed by atoms with Gasteiger partial charge in [-0.25, -0.2) is 0 Å². The number of hydrogen-bond donors (Lipinski definition) is 2. The lowest BCUT2D eigenvalue weighted by Crippen LogP contribution is -1.97. The van der Waals surface area contributed by atoms with Crippen molar-refractivity contribution < 1.29 is 18.1 Å². The van der Waals surface area contributed by atoms with Gasteiger partial charge in [-0.2, -0.15) is 8.42 Å². The van der Waals surface area contributed by atoms with E-state index >= 15 is 0 Å². The van der Waals surface area contributed by atoms with Crippen molar-refractivity contribution in [1.29, 1.82) is 0 Å². The monoisotopic (exact) mass is 223 g/mol. The summed E-state index contributed by atoms with van der Waals surface area (Å²) < 4.78 is 30.5. The minimum Gasteiger partial charge on any atom is -0.507 e. The lowest BCUT2D eigenvalue weighted by atomic mass is 10.1. The highest BCUT2D eigenvalue weighted by Crippen LogP contribution is 2.22. The Bertz CT molecular complexity index is 616. The van der Waals surface area contributed by atoms with Gasteiger partial charge in [0, 0.05) is 6.07 Å². The molecule has 5 heteroatoms. The van der Waals surface area contributed by atoms with Crippen LogP contribution in [0.5, 0.6) is 5.75 Å². The Kier molecular flexibility index (Phi) is 2.13. The number of benzene rings is 2. The van der Waals surface area contributed by atoms with Crippen LogP contribution in [0.2, 0.25) is 0 Å². The molecule has 0 saturated carbocycles. The minimum atomic E-state index is -4.20. The molecule has 0 amide bonds. The lowest BCUT2D eigenvalue weighted by molar-refractivity contribution is 0.474. The van der Waals surface area contributed by atoms with Gasteiger partial charge in [-0.3, -0.25) is 4.55 Å². The van der Waals surface area contributed by atoms with E-state index in [1.165, 1.54) is 24.3 Å². The van der Waals surface area contributed by atoms with E-state index in [-0.39, 0.29) is 10.6 Å². The third kappa shape index (κ3) is 1.93. The van der Waals surface area contributed by atoms with Crippen molar-refractivity contribution in [1.82, 2.24) is 0 Å². The number of fused-ring (bicyclic) bond motifs is 1. The van der Waals surface area contributed by atoms with E-state index in [9.17, 15) is 8.42 Å². The van der Waals surface area contributed by atoms with Crippen molar-refractivity contribution >= 4 is 20.9 Å². The van der Waals surface area contributed by atoms with E-state index in [1.54, 1.807) is 6.07 Å². The van der Waals surface area contributed by atoms with Gasteiger partial charge in [0.25, 0.3) is 10.1 Å². The Morgan fingerprint density at radius 2 is 1.87 bits per heavy atom. The van der Waals surface area contributed by atoms with Crippen molar-refractivity contribution in [2.75, 3.05) is 0 Å². The zero-order valence-electron chi connectivity index (χ0n) is 7.51. The quantitative estimate of drug-likeness (QED) is 0.720. The van der Waals surface area contributed by atoms with Gasteiger partial charge < -0.3 is 5.11 Å². The number of aromatic hydroxyl groups is 1. The number of phenolic OH excluding ortho intramolecular Hbond substituents is 1. The highest BCUT2D eigenvalue weighted by atomic mass is 32.2. The zero-order chi connectivity index (χ0) is 11.1. The van der Waals surface area contributed by atoms with Crippen LogP contribution in [-0.4, -0.2) is 18.1 Å². The van der Waals surface area contributed by atoms with E-state index in [4.69, 9.17) is 9.66 Å². The zero-order valence-corrected chi connectivity index (χ0v) is 8.32. The molecule has 4 nitrogen and oxygen atoms in total. The SMILES string of the molecule is O=S(=O)(O)c1ccc2c[c]c(O)cc2c1. The van der Waals surface area contributed by atoms with Crippen LogP contribution in [0.4, 0.5) is 0 Å². The fraction of sp³-hybridized carbons (Fsp3) is 0. The second-order valence-corrected chi connectivity index (χ2v) is 4.51. The summed E-state index contributed by atoms with van der Waals surface area (Å²) in [5, 5.41) is 10.4. The lowest BCUT2D eigenvalue weighted by Gasteiger charge is -2.01. The van der Waals surface area contributed by atoms with Crippen LogP contribution in [0.3, 0.4) is 0 Å². The molecule has 0 spiro atoms. The average Bonchev–Trinajstić information content (AvgIpc) is 2.15. The molecule has 0 atom stereocenters. The topological polar surface area (TPSA) is 74.6 Å². The molecule has 0 bridgehead atoms. The Balaban J connectivity index is 2.75. The molecule has 2 N–H and O–H groups in total. The Morgan fingerprint density at radius 3 is 2.53 bits per heavy atom. The number of phenols is 1. The van der Waals surface area contributed by atoms with Gasteiger partial charge >= 0.3 is 0 Å². The van der Waals surface area contributed by atoms with E-state index in [0.29, 0.717) is 5.39 Å². The second-order valence-electron chi connectivity index (χ2n) is 3.08. The van der Waals surface area contributed by atoms with Crippen LogP contribution in [0.15, 0.2) is 35.2 Å². The van der Waals surface area contributed by atoms with Crippen LogP contribution < -0.4 is 0 Å². The maximum absolute atomic E-state index is 10.8. The van der Waals surface area contributed by atoms with Gasteiger partial charge in [0.05, 0.1) is 4.90 Å². The molecular formula is C10H7O4S. The standard InChI is InChI=1S/C10H7O4S/c11-9-3-1-7-2-4-10(15(12,13)14)6-8(7)5-9/h1-2,4-6,11H,(H,12,13,14). The number of rotatable bonds is 1. The molecule has 0 unspecified atom stereocenters. The third-order valence-corrected chi connectivity index (χ3v) is 2.87. The predicted octanol–water partition coefficient (Wildman–Crippen LogP) is 1.59. The molecule has 0 aliphatic carbocycles. The van der Waals surface area contributed by atoms with E-state index in [2.05, 4.69) is 6.07 Å². The van der Waals surface area contributed by atoms with Gasteiger partial charge in [-0.15, -0.1) is 0 Å². The summed E-state index contributed by atoms with van der Waals surface area (Å²) in [6.45, 7) is 0. The van der Waals surface area contributed by atoms with Crippen molar-refractivity contribution in [2.45, 2.75) is 4.90 Å². The molecule has 0 fully saturated rings. The van der Waals surface area contributed by atoms with E-state index in [1.807, 2.05) is 0 Å². The fourth-order valence-corrected chi connectivity index (χ4v) is 1.83. The maximum atomic E-state index is 10.8. The first-order valence-corrected chi connectivity index (χ1v) is 5.53. The average molecular weight is 223 g/mol. The van der Waals surface area contributed by atoms with Crippen LogP contribution in [0.1, 0.15) is 0 Å². The normalized spacial score (nSPS) is 11.8. The first-order valence-electron chi connectivity index (χ1n) is 4.09. The smallest absolute Gasteiger partial charge is 0.294 e. The summed E-state index contributed by atoms with van der Waals surface area (Å²) >= 11 is 0. The van der Waals surface area contributed by atoms with Crippen LogP contribution in [-0.2, 0) is 10.1 Å². The first-order chi connectivity index (χ1) is 6.97. The molecule has 0 heterocycles. The predicted molar refractivity (Wildman–Crippen MR) is 54.3 cm³/mol. The first kappa shape index (κ1) is 9.95. The molecule has 2 aromatic rings. The third-order valence-electron chi connectivity index (χ3n) is 2.02. The molecule has 0 aromatic heterocycles. The molecule has 1 radical (unpaired) electrons. The highest BCUT2D eigenvalue weighted by Gasteiger charge is 2.09. The van der Waals surface area contributed by atoms with E-state index in [0.717, 1.165) is 5.39 Å². The highest BCUT2D eigenvalue weighted by molar-refractivity contribution is 7.85. The summed E-state index contributed by atoms with van der Waals surface area (Å²) in [6.07, 6.45) is 0. The minimum absolute atomic E-state index is 0.0741. The summed E-state index contributed by atoms with van der Waals surface area (Å²) in [6, 6.07) is 9.62. The van der Waals surface area contributed by atoms with Crippen LogP contribution in [0, 0.1) is 6.07 Å². The molecule has 2 rings (SSSR count). The van der Waals surface area contributed by atoms with Crippen LogP contribution >= 0.6 is 0 Å². The Morgan fingerprint density at radius 1 is 1.13 bits per heavy atom. The fourth-order valence-electron chi connectivity index (χ4n) is 1.31. The van der Waals surface area contributed by atoms with Crippen molar-refractivity contribution in [3.63, 3.8) is 0 Å². The van der Waals surface area contributed by atoms with Gasteiger partial charge in [0.1, 0.15) is 5.75 Å². The number of hydrogen-bond acceptors (Lipinski definition) is 3. The molecule has 0 aliphatic rings. The second kappa shape index (κ2) is 3.22. The van der Waals surface area contributed by atoms with Crippen molar-refractivity contribution in [2.24, 2.45) is 0 Å². The van der Waals surface area contributed by atoms with Gasteiger partial charge in [-0.05, 0) is 35.0 Å². The molecule has 15 heavy (non-hydrogen) atoms. The molecule has 0 saturated heterocycles. The van der Waals surface area contributed by atoms with Gasteiger partial charge in [0.15, 0.2) is 0 Å². The molecule has 2 aromatic carbocycles. The largest absolute Gasteiger partial charge is 0.507 e.